The minimum absolute atomic E-state index is 0.0403. The summed E-state index contributed by atoms with van der Waals surface area (Å²) in [5.41, 5.74) is 1.95. The number of ether oxygens (including phenoxy) is 1. The van der Waals surface area contributed by atoms with E-state index in [2.05, 4.69) is 21.3 Å². The number of para-hydroxylation sites is 1. The Morgan fingerprint density at radius 1 is 1.06 bits per heavy atom. The molecule has 4 heterocycles. The van der Waals surface area contributed by atoms with Crippen molar-refractivity contribution in [2.24, 2.45) is 5.92 Å². The van der Waals surface area contributed by atoms with Crippen LogP contribution in [0.1, 0.15) is 38.2 Å². The number of nitrogens with zero attached hydrogens (tertiary/aromatic N) is 4. The molecule has 0 bridgehead atoms. The van der Waals surface area contributed by atoms with Crippen LogP contribution in [-0.2, 0) is 10.2 Å². The van der Waals surface area contributed by atoms with Gasteiger partial charge in [0.05, 0.1) is 6.61 Å². The Kier molecular flexibility index (Phi) is 6.90. The summed E-state index contributed by atoms with van der Waals surface area (Å²) in [6.45, 7) is 7.62. The molecule has 35 heavy (non-hydrogen) atoms. The fourth-order valence-corrected chi connectivity index (χ4v) is 5.84. The Morgan fingerprint density at radius 2 is 1.80 bits per heavy atom. The Hall–Kier alpha value is -3.13. The number of hydrogen-bond donors (Lipinski definition) is 1. The summed E-state index contributed by atoms with van der Waals surface area (Å²) < 4.78 is 5.15. The molecule has 2 aromatic rings. The smallest absolute Gasteiger partial charge is 0.409 e. The van der Waals surface area contributed by atoms with Gasteiger partial charge in [-0.15, -0.1) is 0 Å². The summed E-state index contributed by atoms with van der Waals surface area (Å²) in [6.07, 6.45) is 5.69. The second-order valence-electron chi connectivity index (χ2n) is 9.97. The SMILES string of the molecule is CCOC(=O)N1CCC(CN2CCC3(CC2)CN(C(=O)Nc2ccccc2)c2ncccc23)CC1. The summed E-state index contributed by atoms with van der Waals surface area (Å²) in [4.78, 5) is 36.0. The third-order valence-corrected chi connectivity index (χ3v) is 7.81. The molecule has 0 radical (unpaired) electrons. The van der Waals surface area contributed by atoms with E-state index in [-0.39, 0.29) is 17.5 Å². The van der Waals surface area contributed by atoms with Gasteiger partial charge in [-0.2, -0.15) is 0 Å². The first-order chi connectivity index (χ1) is 17.1. The van der Waals surface area contributed by atoms with Gasteiger partial charge in [-0.25, -0.2) is 14.6 Å². The van der Waals surface area contributed by atoms with Gasteiger partial charge in [0.25, 0.3) is 0 Å². The number of rotatable bonds is 4. The second-order valence-corrected chi connectivity index (χ2v) is 9.97. The van der Waals surface area contributed by atoms with E-state index in [4.69, 9.17) is 4.74 Å². The first kappa shape index (κ1) is 23.6. The summed E-state index contributed by atoms with van der Waals surface area (Å²) >= 11 is 0. The van der Waals surface area contributed by atoms with Gasteiger partial charge < -0.3 is 19.9 Å². The van der Waals surface area contributed by atoms with Crippen LogP contribution in [0.15, 0.2) is 48.7 Å². The zero-order valence-electron chi connectivity index (χ0n) is 20.5. The maximum absolute atomic E-state index is 13.2. The number of fused-ring (bicyclic) bond motifs is 2. The second kappa shape index (κ2) is 10.2. The summed E-state index contributed by atoms with van der Waals surface area (Å²) in [7, 11) is 0. The summed E-state index contributed by atoms with van der Waals surface area (Å²) in [5, 5.41) is 3.03. The quantitative estimate of drug-likeness (QED) is 0.709. The number of likely N-dealkylation sites (tertiary alicyclic amines) is 2. The number of pyridine rings is 1. The molecular formula is C27H35N5O3. The molecule has 0 saturated carbocycles. The molecule has 3 aliphatic rings. The molecule has 2 fully saturated rings. The molecule has 8 nitrogen and oxygen atoms in total. The molecule has 2 saturated heterocycles. The molecule has 3 amide bonds. The number of nitrogens with one attached hydrogen (secondary N) is 1. The molecule has 0 aliphatic carbocycles. The van der Waals surface area contributed by atoms with E-state index < -0.39 is 0 Å². The number of hydrogen-bond acceptors (Lipinski definition) is 5. The summed E-state index contributed by atoms with van der Waals surface area (Å²) in [6, 6.07) is 13.6. The van der Waals surface area contributed by atoms with Crippen LogP contribution in [0.2, 0.25) is 0 Å². The van der Waals surface area contributed by atoms with Gasteiger partial charge in [0.2, 0.25) is 0 Å². The first-order valence-electron chi connectivity index (χ1n) is 12.8. The molecule has 5 rings (SSSR count). The van der Waals surface area contributed by atoms with Crippen molar-refractivity contribution < 1.29 is 14.3 Å². The number of amides is 3. The highest BCUT2D eigenvalue weighted by Gasteiger charge is 2.47. The van der Waals surface area contributed by atoms with Crippen LogP contribution in [0.3, 0.4) is 0 Å². The van der Waals surface area contributed by atoms with Crippen molar-refractivity contribution in [1.82, 2.24) is 14.8 Å². The van der Waals surface area contributed by atoms with Gasteiger partial charge >= 0.3 is 12.1 Å². The molecule has 186 valence electrons. The van der Waals surface area contributed by atoms with Crippen LogP contribution in [0.4, 0.5) is 21.1 Å². The third kappa shape index (κ3) is 4.98. The zero-order chi connectivity index (χ0) is 24.3. The van der Waals surface area contributed by atoms with Gasteiger partial charge in [0, 0.05) is 49.0 Å². The normalized spacial score (nSPS) is 20.0. The molecule has 1 aromatic carbocycles. The number of aromatic nitrogens is 1. The van der Waals surface area contributed by atoms with E-state index in [1.54, 1.807) is 6.20 Å². The largest absolute Gasteiger partial charge is 0.450 e. The molecular weight excluding hydrogens is 442 g/mol. The Bertz CT molecular complexity index is 1030. The van der Waals surface area contributed by atoms with E-state index in [1.165, 1.54) is 5.56 Å². The van der Waals surface area contributed by atoms with Crippen LogP contribution in [0.5, 0.6) is 0 Å². The molecule has 0 unspecified atom stereocenters. The zero-order valence-corrected chi connectivity index (χ0v) is 20.5. The highest BCUT2D eigenvalue weighted by atomic mass is 16.6. The molecule has 1 N–H and O–H groups in total. The average molecular weight is 478 g/mol. The van der Waals surface area contributed by atoms with Crippen molar-refractivity contribution >= 4 is 23.6 Å². The average Bonchev–Trinajstić information content (AvgIpc) is 3.21. The summed E-state index contributed by atoms with van der Waals surface area (Å²) in [5.74, 6) is 1.40. The number of piperidine rings is 2. The predicted molar refractivity (Wildman–Crippen MR) is 136 cm³/mol. The lowest BCUT2D eigenvalue weighted by molar-refractivity contribution is 0.0798. The maximum atomic E-state index is 13.2. The van der Waals surface area contributed by atoms with Crippen LogP contribution < -0.4 is 10.2 Å². The number of anilines is 2. The van der Waals surface area contributed by atoms with Crippen molar-refractivity contribution in [3.63, 3.8) is 0 Å². The maximum Gasteiger partial charge on any atom is 0.409 e. The van der Waals surface area contributed by atoms with Crippen molar-refractivity contribution in [2.75, 3.05) is 56.1 Å². The van der Waals surface area contributed by atoms with Crippen LogP contribution in [0, 0.1) is 5.92 Å². The van der Waals surface area contributed by atoms with Crippen LogP contribution in [0.25, 0.3) is 0 Å². The topological polar surface area (TPSA) is 78.0 Å². The van der Waals surface area contributed by atoms with Crippen LogP contribution >= 0.6 is 0 Å². The minimum Gasteiger partial charge on any atom is -0.450 e. The molecule has 1 aromatic heterocycles. The number of carbonyl (C=O) groups is 2. The number of urea groups is 1. The first-order valence-corrected chi connectivity index (χ1v) is 12.8. The Labute approximate surface area is 207 Å². The van der Waals surface area contributed by atoms with Gasteiger partial charge in [0.1, 0.15) is 5.82 Å². The molecule has 8 heteroatoms. The number of benzene rings is 1. The number of carbonyl (C=O) groups excluding carboxylic acids is 2. The van der Waals surface area contributed by atoms with E-state index in [9.17, 15) is 9.59 Å². The molecule has 1 spiro atoms. The third-order valence-electron chi connectivity index (χ3n) is 7.81. The minimum atomic E-state index is -0.180. The van der Waals surface area contributed by atoms with Crippen molar-refractivity contribution in [3.8, 4) is 0 Å². The van der Waals surface area contributed by atoms with Gasteiger partial charge in [-0.3, -0.25) is 4.90 Å². The van der Waals surface area contributed by atoms with Crippen molar-refractivity contribution in [1.29, 1.82) is 0 Å². The monoisotopic (exact) mass is 477 g/mol. The van der Waals surface area contributed by atoms with Gasteiger partial charge in [-0.05, 0) is 69.8 Å². The highest BCUT2D eigenvalue weighted by molar-refractivity contribution is 6.02. The lowest BCUT2D eigenvalue weighted by Crippen LogP contribution is -2.48. The van der Waals surface area contributed by atoms with E-state index in [0.29, 0.717) is 19.1 Å². The Morgan fingerprint density at radius 3 is 2.51 bits per heavy atom. The van der Waals surface area contributed by atoms with E-state index in [0.717, 1.165) is 69.9 Å². The Balaban J connectivity index is 1.19. The van der Waals surface area contributed by atoms with Gasteiger partial charge in [-0.1, -0.05) is 24.3 Å². The molecule has 0 atom stereocenters. The van der Waals surface area contributed by atoms with Crippen molar-refractivity contribution in [3.05, 3.63) is 54.2 Å². The highest BCUT2D eigenvalue weighted by Crippen LogP contribution is 2.46. The lowest BCUT2D eigenvalue weighted by atomic mass is 9.74. The molecule has 3 aliphatic heterocycles. The fourth-order valence-electron chi connectivity index (χ4n) is 5.84. The standard InChI is InChI=1S/C27H35N5O3/c1-2-35-26(34)31-15-10-21(11-16-31)19-30-17-12-27(13-18-30)20-32(24-23(27)9-6-14-28-24)25(33)29-22-7-4-3-5-8-22/h3-9,14,21H,2,10-13,15-20H2,1H3,(H,29,33). The van der Waals surface area contributed by atoms with Crippen molar-refractivity contribution in [2.45, 2.75) is 38.0 Å². The van der Waals surface area contributed by atoms with Gasteiger partial charge in [0.15, 0.2) is 0 Å². The van der Waals surface area contributed by atoms with E-state index >= 15 is 0 Å². The fraction of sp³-hybridized carbons (Fsp3) is 0.519. The predicted octanol–water partition coefficient (Wildman–Crippen LogP) is 4.34. The lowest BCUT2D eigenvalue weighted by Gasteiger charge is -2.41. The van der Waals surface area contributed by atoms with E-state index in [1.807, 2.05) is 53.1 Å². The van der Waals surface area contributed by atoms with Crippen LogP contribution in [-0.4, -0.2) is 72.8 Å².